The summed E-state index contributed by atoms with van der Waals surface area (Å²) < 4.78 is 5.58. The molecule has 84 valence electrons. The summed E-state index contributed by atoms with van der Waals surface area (Å²) in [5, 5.41) is 8.80. The van der Waals surface area contributed by atoms with Crippen LogP contribution in [0.1, 0.15) is 5.69 Å². The van der Waals surface area contributed by atoms with E-state index in [-0.39, 0.29) is 0 Å². The van der Waals surface area contributed by atoms with E-state index in [1.165, 1.54) is 5.69 Å². The van der Waals surface area contributed by atoms with Gasteiger partial charge in [-0.3, -0.25) is 0 Å². The molecule has 5 heteroatoms. The molecule has 0 saturated carbocycles. The van der Waals surface area contributed by atoms with Crippen molar-refractivity contribution in [2.45, 2.75) is 12.5 Å². The van der Waals surface area contributed by atoms with E-state index in [4.69, 9.17) is 4.74 Å². The van der Waals surface area contributed by atoms with Gasteiger partial charge in [0, 0.05) is 38.0 Å². The van der Waals surface area contributed by atoms with Crippen molar-refractivity contribution >= 4 is 11.3 Å². The molecule has 15 heavy (non-hydrogen) atoms. The molecule has 1 saturated heterocycles. The molecule has 0 bridgehead atoms. The van der Waals surface area contributed by atoms with Gasteiger partial charge in [-0.25, -0.2) is 4.98 Å². The molecule has 0 spiro atoms. The van der Waals surface area contributed by atoms with Crippen molar-refractivity contribution in [3.63, 3.8) is 0 Å². The molecule has 1 atom stereocenters. The second-order valence-corrected chi connectivity index (χ2v) is 4.35. The lowest BCUT2D eigenvalue weighted by Crippen LogP contribution is -2.44. The van der Waals surface area contributed by atoms with Gasteiger partial charge in [0.25, 0.3) is 0 Å². The zero-order chi connectivity index (χ0) is 10.3. The van der Waals surface area contributed by atoms with Crippen LogP contribution in [0.3, 0.4) is 0 Å². The SMILES string of the molecule is c1nc(CCNCC2CNCCO2)cs1. The predicted molar refractivity (Wildman–Crippen MR) is 61.3 cm³/mol. The van der Waals surface area contributed by atoms with Crippen molar-refractivity contribution in [1.82, 2.24) is 15.6 Å². The summed E-state index contributed by atoms with van der Waals surface area (Å²) in [6, 6.07) is 0. The first-order chi connectivity index (χ1) is 7.45. The number of hydrogen-bond acceptors (Lipinski definition) is 5. The van der Waals surface area contributed by atoms with E-state index in [0.717, 1.165) is 39.2 Å². The number of ether oxygens (including phenoxy) is 1. The molecule has 4 nitrogen and oxygen atoms in total. The summed E-state index contributed by atoms with van der Waals surface area (Å²) in [6.07, 6.45) is 1.33. The Morgan fingerprint density at radius 3 is 3.40 bits per heavy atom. The Labute approximate surface area is 94.1 Å². The van der Waals surface area contributed by atoms with Crippen LogP contribution in [0.2, 0.25) is 0 Å². The Hall–Kier alpha value is -0.490. The van der Waals surface area contributed by atoms with Crippen LogP contribution in [0, 0.1) is 0 Å². The normalized spacial score (nSPS) is 21.7. The fourth-order valence-electron chi connectivity index (χ4n) is 1.59. The molecule has 1 aliphatic rings. The molecular weight excluding hydrogens is 210 g/mol. The summed E-state index contributed by atoms with van der Waals surface area (Å²) in [5.41, 5.74) is 3.05. The highest BCUT2D eigenvalue weighted by molar-refractivity contribution is 7.07. The van der Waals surface area contributed by atoms with Gasteiger partial charge in [-0.15, -0.1) is 11.3 Å². The summed E-state index contributed by atoms with van der Waals surface area (Å²) in [7, 11) is 0. The van der Waals surface area contributed by atoms with Crippen molar-refractivity contribution in [1.29, 1.82) is 0 Å². The van der Waals surface area contributed by atoms with Gasteiger partial charge in [-0.05, 0) is 0 Å². The molecule has 0 aromatic carbocycles. The van der Waals surface area contributed by atoms with E-state index in [1.54, 1.807) is 11.3 Å². The van der Waals surface area contributed by atoms with Crippen molar-refractivity contribution < 1.29 is 4.74 Å². The molecule has 2 heterocycles. The van der Waals surface area contributed by atoms with Gasteiger partial charge in [0.1, 0.15) is 0 Å². The van der Waals surface area contributed by atoms with Crippen molar-refractivity contribution in [3.8, 4) is 0 Å². The molecule has 1 aliphatic heterocycles. The van der Waals surface area contributed by atoms with Gasteiger partial charge in [0.15, 0.2) is 0 Å². The molecule has 1 aromatic rings. The first-order valence-corrected chi connectivity index (χ1v) is 6.29. The van der Waals surface area contributed by atoms with Gasteiger partial charge >= 0.3 is 0 Å². The zero-order valence-corrected chi connectivity index (χ0v) is 9.55. The molecule has 1 fully saturated rings. The van der Waals surface area contributed by atoms with E-state index in [9.17, 15) is 0 Å². The van der Waals surface area contributed by atoms with E-state index < -0.39 is 0 Å². The van der Waals surface area contributed by atoms with E-state index >= 15 is 0 Å². The average molecular weight is 227 g/mol. The molecule has 0 radical (unpaired) electrons. The lowest BCUT2D eigenvalue weighted by Gasteiger charge is -2.23. The highest BCUT2D eigenvalue weighted by atomic mass is 32.1. The number of aromatic nitrogens is 1. The van der Waals surface area contributed by atoms with Crippen LogP contribution < -0.4 is 10.6 Å². The van der Waals surface area contributed by atoms with Gasteiger partial charge < -0.3 is 15.4 Å². The maximum absolute atomic E-state index is 5.58. The minimum absolute atomic E-state index is 0.328. The van der Waals surface area contributed by atoms with Gasteiger partial charge in [0.05, 0.1) is 23.9 Å². The zero-order valence-electron chi connectivity index (χ0n) is 8.74. The third-order valence-corrected chi connectivity index (χ3v) is 3.05. The number of hydrogen-bond donors (Lipinski definition) is 2. The van der Waals surface area contributed by atoms with Crippen molar-refractivity contribution in [3.05, 3.63) is 16.6 Å². The van der Waals surface area contributed by atoms with Crippen molar-refractivity contribution in [2.75, 3.05) is 32.8 Å². The van der Waals surface area contributed by atoms with Gasteiger partial charge in [0.2, 0.25) is 0 Å². The Morgan fingerprint density at radius 2 is 2.67 bits per heavy atom. The molecule has 1 unspecified atom stereocenters. The van der Waals surface area contributed by atoms with Gasteiger partial charge in [-0.2, -0.15) is 0 Å². The average Bonchev–Trinajstić information content (AvgIpc) is 2.79. The second kappa shape index (κ2) is 6.17. The number of nitrogens with one attached hydrogen (secondary N) is 2. The molecule has 2 N–H and O–H groups in total. The molecule has 0 aliphatic carbocycles. The van der Waals surface area contributed by atoms with Gasteiger partial charge in [-0.1, -0.05) is 0 Å². The number of thiazole rings is 1. The minimum Gasteiger partial charge on any atom is -0.374 e. The first kappa shape index (κ1) is 11.0. The van der Waals surface area contributed by atoms with Crippen LogP contribution in [0.25, 0.3) is 0 Å². The van der Waals surface area contributed by atoms with Crippen molar-refractivity contribution in [2.24, 2.45) is 0 Å². The number of nitrogens with zero attached hydrogens (tertiary/aromatic N) is 1. The Bertz CT molecular complexity index is 260. The van der Waals surface area contributed by atoms with Crippen LogP contribution in [0.4, 0.5) is 0 Å². The monoisotopic (exact) mass is 227 g/mol. The van der Waals surface area contributed by atoms with Crippen LogP contribution in [-0.4, -0.2) is 43.9 Å². The maximum Gasteiger partial charge on any atom is 0.0824 e. The van der Waals surface area contributed by atoms with Crippen LogP contribution >= 0.6 is 11.3 Å². The third kappa shape index (κ3) is 3.87. The largest absolute Gasteiger partial charge is 0.374 e. The molecular formula is C10H17N3OS. The molecule has 2 rings (SSSR count). The summed E-state index contributed by atoms with van der Waals surface area (Å²) >= 11 is 1.65. The summed E-state index contributed by atoms with van der Waals surface area (Å²) in [4.78, 5) is 4.24. The van der Waals surface area contributed by atoms with Crippen LogP contribution in [0.5, 0.6) is 0 Å². The summed E-state index contributed by atoms with van der Waals surface area (Å²) in [6.45, 7) is 4.68. The smallest absolute Gasteiger partial charge is 0.0824 e. The third-order valence-electron chi connectivity index (χ3n) is 2.42. The lowest BCUT2D eigenvalue weighted by molar-refractivity contribution is 0.0294. The van der Waals surface area contributed by atoms with Crippen LogP contribution in [-0.2, 0) is 11.2 Å². The Kier molecular flexibility index (Phi) is 4.53. The number of rotatable bonds is 5. The van der Waals surface area contributed by atoms with E-state index in [0.29, 0.717) is 6.10 Å². The topological polar surface area (TPSA) is 46.2 Å². The fraction of sp³-hybridized carbons (Fsp3) is 0.700. The quantitative estimate of drug-likeness (QED) is 0.709. The predicted octanol–water partition coefficient (Wildman–Crippen LogP) is 0.264. The molecule has 1 aromatic heterocycles. The molecule has 0 amide bonds. The Balaban J connectivity index is 1.54. The lowest BCUT2D eigenvalue weighted by atomic mass is 10.3. The minimum atomic E-state index is 0.328. The van der Waals surface area contributed by atoms with E-state index in [2.05, 4.69) is 21.0 Å². The Morgan fingerprint density at radius 1 is 1.67 bits per heavy atom. The second-order valence-electron chi connectivity index (χ2n) is 3.63. The summed E-state index contributed by atoms with van der Waals surface area (Å²) in [5.74, 6) is 0. The fourth-order valence-corrected chi connectivity index (χ4v) is 2.18. The highest BCUT2D eigenvalue weighted by Gasteiger charge is 2.11. The van der Waals surface area contributed by atoms with E-state index in [1.807, 2.05) is 5.51 Å². The highest BCUT2D eigenvalue weighted by Crippen LogP contribution is 2.00. The maximum atomic E-state index is 5.58. The number of morpholine rings is 1. The standard InChI is InChI=1S/C10H17N3OS/c1(9-7-15-8-13-9)2-11-5-10-6-12-3-4-14-10/h7-8,10-12H,1-6H2. The van der Waals surface area contributed by atoms with Crippen LogP contribution in [0.15, 0.2) is 10.9 Å². The first-order valence-electron chi connectivity index (χ1n) is 5.35.